The molecule has 0 spiro atoms. The summed E-state index contributed by atoms with van der Waals surface area (Å²) in [6, 6.07) is 2.79. The van der Waals surface area contributed by atoms with Crippen molar-refractivity contribution in [2.45, 2.75) is 10.9 Å². The minimum atomic E-state index is -3.93. The molecule has 0 saturated carbocycles. The third-order valence-corrected chi connectivity index (χ3v) is 5.05. The summed E-state index contributed by atoms with van der Waals surface area (Å²) in [5, 5.41) is 9.31. The van der Waals surface area contributed by atoms with E-state index in [0.29, 0.717) is 0 Å². The summed E-state index contributed by atoms with van der Waals surface area (Å²) >= 11 is 5.85. The highest BCUT2D eigenvalue weighted by Crippen LogP contribution is 2.30. The number of hydrogen-bond acceptors (Lipinski definition) is 4. The van der Waals surface area contributed by atoms with Gasteiger partial charge in [0.2, 0.25) is 10.0 Å². The predicted molar refractivity (Wildman–Crippen MR) is 72.5 cm³/mol. The molecule has 1 heterocycles. The van der Waals surface area contributed by atoms with E-state index in [0.717, 1.165) is 4.31 Å². The highest BCUT2D eigenvalue weighted by Gasteiger charge is 2.36. The fourth-order valence-corrected chi connectivity index (χ4v) is 3.60. The highest BCUT2D eigenvalue weighted by molar-refractivity contribution is 7.89. The molecule has 6 nitrogen and oxygen atoms in total. The van der Waals surface area contributed by atoms with Crippen molar-refractivity contribution in [2.24, 2.45) is 0 Å². The first-order chi connectivity index (χ1) is 9.37. The summed E-state index contributed by atoms with van der Waals surface area (Å²) in [7, 11) is -2.56. The van der Waals surface area contributed by atoms with Gasteiger partial charge in [0, 0.05) is 12.6 Å². The fraction of sp³-hybridized carbons (Fsp3) is 0.250. The summed E-state index contributed by atoms with van der Waals surface area (Å²) in [5.41, 5.74) is 0. The number of nitrogens with zero attached hydrogens (tertiary/aromatic N) is 1. The monoisotopic (exact) mass is 317 g/mol. The largest absolute Gasteiger partial charge is 0.495 e. The lowest BCUT2D eigenvalue weighted by Gasteiger charge is -2.21. The topological polar surface area (TPSA) is 83.9 Å². The van der Waals surface area contributed by atoms with Crippen molar-refractivity contribution >= 4 is 27.6 Å². The molecule has 1 aliphatic rings. The molecule has 0 fully saturated rings. The number of aliphatic carboxylic acids is 1. The van der Waals surface area contributed by atoms with Crippen LogP contribution in [0.1, 0.15) is 0 Å². The molecule has 0 aromatic heterocycles. The summed E-state index contributed by atoms with van der Waals surface area (Å²) < 4.78 is 30.8. The van der Waals surface area contributed by atoms with Gasteiger partial charge in [-0.3, -0.25) is 4.79 Å². The van der Waals surface area contributed by atoms with E-state index in [9.17, 15) is 13.2 Å². The SMILES string of the molecule is COc1cc(S(=O)(=O)N2CC=CC2C(=O)O)ccc1Cl. The lowest BCUT2D eigenvalue weighted by Crippen LogP contribution is -2.40. The van der Waals surface area contributed by atoms with Crippen LogP contribution in [-0.4, -0.2) is 43.5 Å². The van der Waals surface area contributed by atoms with Crippen molar-refractivity contribution in [3.05, 3.63) is 35.4 Å². The quantitative estimate of drug-likeness (QED) is 0.848. The molecule has 8 heteroatoms. The van der Waals surface area contributed by atoms with Gasteiger partial charge in [0.1, 0.15) is 11.8 Å². The second kappa shape index (κ2) is 5.43. The smallest absolute Gasteiger partial charge is 0.326 e. The maximum atomic E-state index is 12.5. The summed E-state index contributed by atoms with van der Waals surface area (Å²) in [5.74, 6) is -1.00. The van der Waals surface area contributed by atoms with E-state index in [1.54, 1.807) is 0 Å². The van der Waals surface area contributed by atoms with Crippen LogP contribution in [0.3, 0.4) is 0 Å². The van der Waals surface area contributed by atoms with E-state index in [1.807, 2.05) is 0 Å². The van der Waals surface area contributed by atoms with Crippen molar-refractivity contribution in [1.29, 1.82) is 0 Å². The van der Waals surface area contributed by atoms with Gasteiger partial charge in [-0.15, -0.1) is 0 Å². The van der Waals surface area contributed by atoms with Gasteiger partial charge in [-0.05, 0) is 12.1 Å². The number of hydrogen-bond donors (Lipinski definition) is 1. The van der Waals surface area contributed by atoms with E-state index in [-0.39, 0.29) is 22.2 Å². The minimum absolute atomic E-state index is 0.0181. The van der Waals surface area contributed by atoms with Crippen molar-refractivity contribution in [2.75, 3.05) is 13.7 Å². The standard InChI is InChI=1S/C12H12ClNO5S/c1-19-11-7-8(4-5-9(11)13)20(17,18)14-6-2-3-10(14)12(15)16/h2-5,7,10H,6H2,1H3,(H,15,16). The number of ether oxygens (including phenoxy) is 1. The van der Waals surface area contributed by atoms with Crippen LogP contribution in [0.15, 0.2) is 35.2 Å². The van der Waals surface area contributed by atoms with Gasteiger partial charge < -0.3 is 9.84 Å². The van der Waals surface area contributed by atoms with E-state index in [1.165, 1.54) is 37.5 Å². The lowest BCUT2D eigenvalue weighted by molar-refractivity contribution is -0.139. The zero-order chi connectivity index (χ0) is 14.9. The van der Waals surface area contributed by atoms with E-state index < -0.39 is 22.0 Å². The molecule has 20 heavy (non-hydrogen) atoms. The Morgan fingerprint density at radius 1 is 1.50 bits per heavy atom. The Morgan fingerprint density at radius 3 is 2.80 bits per heavy atom. The van der Waals surface area contributed by atoms with Gasteiger partial charge >= 0.3 is 5.97 Å². The van der Waals surface area contributed by atoms with Crippen LogP contribution in [0.2, 0.25) is 5.02 Å². The van der Waals surface area contributed by atoms with Gasteiger partial charge in [0.25, 0.3) is 0 Å². The lowest BCUT2D eigenvalue weighted by atomic mass is 10.3. The molecular weight excluding hydrogens is 306 g/mol. The Hall–Kier alpha value is -1.57. The molecule has 0 amide bonds. The van der Waals surface area contributed by atoms with Crippen LogP contribution in [0.4, 0.5) is 0 Å². The number of sulfonamides is 1. The van der Waals surface area contributed by atoms with Crippen LogP contribution >= 0.6 is 11.6 Å². The van der Waals surface area contributed by atoms with Crippen LogP contribution < -0.4 is 4.74 Å². The average molecular weight is 318 g/mol. The Balaban J connectivity index is 2.43. The number of methoxy groups -OCH3 is 1. The molecule has 0 saturated heterocycles. The third-order valence-electron chi connectivity index (χ3n) is 2.90. The summed E-state index contributed by atoms with van der Waals surface area (Å²) in [6.07, 6.45) is 2.84. The first-order valence-corrected chi connectivity index (χ1v) is 7.44. The average Bonchev–Trinajstić information content (AvgIpc) is 2.89. The molecule has 108 valence electrons. The van der Waals surface area contributed by atoms with E-state index in [2.05, 4.69) is 0 Å². The van der Waals surface area contributed by atoms with Gasteiger partial charge in [0.05, 0.1) is 17.0 Å². The maximum Gasteiger partial charge on any atom is 0.326 e. The zero-order valence-corrected chi connectivity index (χ0v) is 12.1. The van der Waals surface area contributed by atoms with Gasteiger partial charge in [-0.1, -0.05) is 23.8 Å². The number of benzene rings is 1. The Labute approximate surface area is 121 Å². The van der Waals surface area contributed by atoms with Crippen LogP contribution in [-0.2, 0) is 14.8 Å². The second-order valence-electron chi connectivity index (χ2n) is 4.08. The Morgan fingerprint density at radius 2 is 2.20 bits per heavy atom. The zero-order valence-electron chi connectivity index (χ0n) is 10.5. The Bertz CT molecular complexity index is 670. The van der Waals surface area contributed by atoms with Crippen LogP contribution in [0.5, 0.6) is 5.75 Å². The number of carbonyl (C=O) groups is 1. The first kappa shape index (κ1) is 14.8. The molecule has 1 unspecified atom stereocenters. The summed E-state index contributed by atoms with van der Waals surface area (Å²) in [6.45, 7) is 0.0181. The van der Waals surface area contributed by atoms with Crippen molar-refractivity contribution < 1.29 is 23.1 Å². The molecule has 1 atom stereocenters. The van der Waals surface area contributed by atoms with Gasteiger partial charge in [0.15, 0.2) is 0 Å². The molecule has 0 aliphatic carbocycles. The van der Waals surface area contributed by atoms with Crippen molar-refractivity contribution in [3.63, 3.8) is 0 Å². The van der Waals surface area contributed by atoms with Crippen molar-refractivity contribution in [3.8, 4) is 5.75 Å². The molecule has 1 aromatic carbocycles. The number of carboxylic acids is 1. The van der Waals surface area contributed by atoms with Crippen LogP contribution in [0.25, 0.3) is 0 Å². The molecule has 1 aromatic rings. The minimum Gasteiger partial charge on any atom is -0.495 e. The maximum absolute atomic E-state index is 12.5. The fourth-order valence-electron chi connectivity index (χ4n) is 1.89. The van der Waals surface area contributed by atoms with E-state index >= 15 is 0 Å². The number of carboxylic acid groups (broad SMARTS) is 1. The first-order valence-electron chi connectivity index (χ1n) is 5.63. The Kier molecular flexibility index (Phi) is 4.03. The molecular formula is C12H12ClNO5S. The second-order valence-corrected chi connectivity index (χ2v) is 6.38. The molecule has 0 radical (unpaired) electrons. The van der Waals surface area contributed by atoms with Crippen molar-refractivity contribution in [1.82, 2.24) is 4.31 Å². The van der Waals surface area contributed by atoms with Gasteiger partial charge in [-0.2, -0.15) is 4.31 Å². The molecule has 1 aliphatic heterocycles. The van der Waals surface area contributed by atoms with E-state index in [4.69, 9.17) is 21.4 Å². The van der Waals surface area contributed by atoms with Crippen LogP contribution in [0, 0.1) is 0 Å². The molecule has 0 bridgehead atoms. The number of rotatable bonds is 4. The third kappa shape index (κ3) is 2.52. The summed E-state index contributed by atoms with van der Waals surface area (Å²) in [4.78, 5) is 11.0. The molecule has 2 rings (SSSR count). The molecule has 1 N–H and O–H groups in total. The number of halogens is 1. The highest BCUT2D eigenvalue weighted by atomic mass is 35.5. The predicted octanol–water partition coefficient (Wildman–Crippen LogP) is 1.36. The van der Waals surface area contributed by atoms with Gasteiger partial charge in [-0.25, -0.2) is 8.42 Å². The normalized spacial score (nSPS) is 19.2.